The van der Waals surface area contributed by atoms with Gasteiger partial charge in [0.15, 0.2) is 0 Å². The normalized spacial score (nSPS) is 43.5. The van der Waals surface area contributed by atoms with E-state index >= 15 is 13.2 Å². The van der Waals surface area contributed by atoms with E-state index in [4.69, 9.17) is 0 Å². The molecule has 0 aromatic rings. The molecular weight excluding hydrogens is 465 g/mol. The number of halogens is 3. The maximum absolute atomic E-state index is 15.3. The fourth-order valence-electron chi connectivity index (χ4n) is 9.38. The van der Waals surface area contributed by atoms with Crippen LogP contribution in [0.25, 0.3) is 0 Å². The van der Waals surface area contributed by atoms with Crippen LogP contribution in [0.3, 0.4) is 0 Å². The number of alkyl halides is 3. The Kier molecular flexibility index (Phi) is 12.0. The zero-order valence-corrected chi connectivity index (χ0v) is 24.3. The summed E-state index contributed by atoms with van der Waals surface area (Å²) in [5.41, 5.74) is 0. The summed E-state index contributed by atoms with van der Waals surface area (Å²) in [6, 6.07) is 0. The molecule has 37 heavy (non-hydrogen) atoms. The van der Waals surface area contributed by atoms with Crippen LogP contribution in [0.4, 0.5) is 13.2 Å². The van der Waals surface area contributed by atoms with E-state index in [1.54, 1.807) is 0 Å². The summed E-state index contributed by atoms with van der Waals surface area (Å²) in [5.74, 6) is 3.27. The monoisotopic (exact) mass is 524 g/mol. The largest absolute Gasteiger partial charge is 0.247 e. The lowest BCUT2D eigenvalue weighted by atomic mass is 9.65. The summed E-state index contributed by atoms with van der Waals surface area (Å²) in [6.45, 7) is 4.49. The molecule has 4 rings (SSSR count). The first kappa shape index (κ1) is 29.8. The molecule has 7 atom stereocenters. The lowest BCUT2D eigenvalue weighted by molar-refractivity contribution is -0.0165. The third-order valence-corrected chi connectivity index (χ3v) is 11.8. The highest BCUT2D eigenvalue weighted by Crippen LogP contribution is 2.47. The highest BCUT2D eigenvalue weighted by Gasteiger charge is 2.44. The molecule has 7 unspecified atom stereocenters. The molecule has 4 aliphatic rings. The van der Waals surface area contributed by atoms with E-state index in [-0.39, 0.29) is 11.8 Å². The van der Waals surface area contributed by atoms with Gasteiger partial charge in [0.1, 0.15) is 18.5 Å². The Labute approximate surface area is 227 Å². The molecule has 0 heterocycles. The van der Waals surface area contributed by atoms with E-state index in [9.17, 15) is 0 Å². The SMILES string of the molecule is CCCCCC1CCC(C2CCC(CCC3CCC(C4CCC(CCC)CC4)C(F)C3F)CC2)C(F)C1. The molecule has 0 spiro atoms. The van der Waals surface area contributed by atoms with Crippen molar-refractivity contribution in [2.24, 2.45) is 47.3 Å². The summed E-state index contributed by atoms with van der Waals surface area (Å²) in [4.78, 5) is 0. The smallest absolute Gasteiger partial charge is 0.134 e. The minimum atomic E-state index is -1.25. The fraction of sp³-hybridized carbons (Fsp3) is 1.00. The van der Waals surface area contributed by atoms with Gasteiger partial charge in [-0.25, -0.2) is 13.2 Å². The molecule has 4 saturated carbocycles. The van der Waals surface area contributed by atoms with Gasteiger partial charge in [0.25, 0.3) is 0 Å². The third-order valence-electron chi connectivity index (χ3n) is 11.8. The maximum atomic E-state index is 15.3. The summed E-state index contributed by atoms with van der Waals surface area (Å²) in [7, 11) is 0. The van der Waals surface area contributed by atoms with Gasteiger partial charge >= 0.3 is 0 Å². The van der Waals surface area contributed by atoms with Crippen LogP contribution in [0.1, 0.15) is 149 Å². The van der Waals surface area contributed by atoms with Crippen molar-refractivity contribution >= 4 is 0 Å². The van der Waals surface area contributed by atoms with Gasteiger partial charge in [-0.3, -0.25) is 0 Å². The van der Waals surface area contributed by atoms with Gasteiger partial charge in [0, 0.05) is 0 Å². The van der Waals surface area contributed by atoms with Crippen molar-refractivity contribution in [3.05, 3.63) is 0 Å². The van der Waals surface area contributed by atoms with Crippen molar-refractivity contribution < 1.29 is 13.2 Å². The van der Waals surface area contributed by atoms with Gasteiger partial charge < -0.3 is 0 Å². The lowest BCUT2D eigenvalue weighted by Crippen LogP contribution is -2.42. The average molecular weight is 525 g/mol. The van der Waals surface area contributed by atoms with Crippen molar-refractivity contribution in [1.29, 1.82) is 0 Å². The predicted octanol–water partition coefficient (Wildman–Crippen LogP) is 11.2. The van der Waals surface area contributed by atoms with Crippen LogP contribution >= 0.6 is 0 Å². The van der Waals surface area contributed by atoms with Gasteiger partial charge in [-0.1, -0.05) is 84.5 Å². The highest BCUT2D eigenvalue weighted by molar-refractivity contribution is 4.93. The Morgan fingerprint density at radius 1 is 0.486 bits per heavy atom. The maximum Gasteiger partial charge on any atom is 0.134 e. The molecule has 0 aromatic heterocycles. The van der Waals surface area contributed by atoms with Crippen molar-refractivity contribution in [1.82, 2.24) is 0 Å². The Bertz CT molecular complexity index is 621. The summed E-state index contributed by atoms with van der Waals surface area (Å²) >= 11 is 0. The van der Waals surface area contributed by atoms with Gasteiger partial charge in [0.05, 0.1) is 0 Å². The van der Waals surface area contributed by atoms with Crippen LogP contribution in [-0.2, 0) is 0 Å². The Hall–Kier alpha value is -0.210. The Morgan fingerprint density at radius 3 is 1.70 bits per heavy atom. The molecule has 216 valence electrons. The van der Waals surface area contributed by atoms with E-state index < -0.39 is 18.5 Å². The van der Waals surface area contributed by atoms with Gasteiger partial charge in [-0.15, -0.1) is 0 Å². The molecule has 0 aliphatic heterocycles. The van der Waals surface area contributed by atoms with E-state index in [0.717, 1.165) is 70.1 Å². The zero-order valence-electron chi connectivity index (χ0n) is 24.3. The standard InChI is InChI=1S/C34H59F3/c1-3-5-6-8-26-14-21-30(32(35)23-26)27-15-11-25(12-16-27)13-19-29-20-22-31(34(37)33(29)36)28-17-9-24(7-4-2)10-18-28/h24-34H,3-23H2,1-2H3. The first-order valence-corrected chi connectivity index (χ1v) is 16.9. The number of hydrogen-bond acceptors (Lipinski definition) is 0. The predicted molar refractivity (Wildman–Crippen MR) is 151 cm³/mol. The molecule has 3 heteroatoms. The van der Waals surface area contributed by atoms with Crippen molar-refractivity contribution in [2.75, 3.05) is 0 Å². The molecule has 0 N–H and O–H groups in total. The van der Waals surface area contributed by atoms with Crippen LogP contribution < -0.4 is 0 Å². The highest BCUT2D eigenvalue weighted by atomic mass is 19.2. The molecule has 0 saturated heterocycles. The molecule has 0 bridgehead atoms. The molecule has 0 amide bonds. The average Bonchev–Trinajstić information content (AvgIpc) is 2.91. The quantitative estimate of drug-likeness (QED) is 0.236. The number of hydrogen-bond donors (Lipinski definition) is 0. The minimum absolute atomic E-state index is 0.0281. The van der Waals surface area contributed by atoms with Crippen molar-refractivity contribution in [3.63, 3.8) is 0 Å². The molecule has 4 aliphatic carbocycles. The second-order valence-electron chi connectivity index (χ2n) is 14.2. The van der Waals surface area contributed by atoms with Crippen molar-refractivity contribution in [2.45, 2.75) is 167 Å². The Morgan fingerprint density at radius 2 is 1.08 bits per heavy atom. The van der Waals surface area contributed by atoms with Crippen LogP contribution in [0, 0.1) is 47.3 Å². The first-order valence-electron chi connectivity index (χ1n) is 16.9. The second kappa shape index (κ2) is 15.0. The number of unbranched alkanes of at least 4 members (excludes halogenated alkanes) is 2. The zero-order chi connectivity index (χ0) is 26.2. The minimum Gasteiger partial charge on any atom is -0.247 e. The number of rotatable bonds is 11. The molecular formula is C34H59F3. The van der Waals surface area contributed by atoms with Crippen LogP contribution in [-0.4, -0.2) is 18.5 Å². The summed E-state index contributed by atoms with van der Waals surface area (Å²) in [5, 5.41) is 0. The summed E-state index contributed by atoms with van der Waals surface area (Å²) < 4.78 is 45.6. The second-order valence-corrected chi connectivity index (χ2v) is 14.2. The Balaban J connectivity index is 1.13. The van der Waals surface area contributed by atoms with Gasteiger partial charge in [0.2, 0.25) is 0 Å². The fourth-order valence-corrected chi connectivity index (χ4v) is 9.38. The summed E-state index contributed by atoms with van der Waals surface area (Å²) in [6.07, 6.45) is 20.8. The van der Waals surface area contributed by atoms with Gasteiger partial charge in [-0.2, -0.15) is 0 Å². The lowest BCUT2D eigenvalue weighted by Gasteiger charge is -2.42. The van der Waals surface area contributed by atoms with E-state index in [1.165, 1.54) is 70.6 Å². The van der Waals surface area contributed by atoms with E-state index in [1.807, 2.05) is 0 Å². The van der Waals surface area contributed by atoms with E-state index in [0.29, 0.717) is 29.6 Å². The molecule has 0 radical (unpaired) electrons. The van der Waals surface area contributed by atoms with Crippen LogP contribution in [0.2, 0.25) is 0 Å². The molecule has 0 nitrogen and oxygen atoms in total. The third kappa shape index (κ3) is 8.15. The molecule has 4 fully saturated rings. The van der Waals surface area contributed by atoms with Gasteiger partial charge in [-0.05, 0) is 112 Å². The van der Waals surface area contributed by atoms with Crippen molar-refractivity contribution in [3.8, 4) is 0 Å². The first-order chi connectivity index (χ1) is 18.0. The van der Waals surface area contributed by atoms with E-state index in [2.05, 4.69) is 13.8 Å². The van der Waals surface area contributed by atoms with Crippen LogP contribution in [0.15, 0.2) is 0 Å². The molecule has 0 aromatic carbocycles. The van der Waals surface area contributed by atoms with Crippen LogP contribution in [0.5, 0.6) is 0 Å². The topological polar surface area (TPSA) is 0 Å².